The van der Waals surface area contributed by atoms with Crippen molar-refractivity contribution in [2.24, 2.45) is 5.92 Å². The highest BCUT2D eigenvalue weighted by Gasteiger charge is 2.20. The monoisotopic (exact) mass is 398 g/mol. The van der Waals surface area contributed by atoms with E-state index in [1.165, 1.54) is 0 Å². The van der Waals surface area contributed by atoms with Crippen molar-refractivity contribution in [2.75, 3.05) is 16.6 Å². The van der Waals surface area contributed by atoms with Crippen LogP contribution in [0.3, 0.4) is 0 Å². The van der Waals surface area contributed by atoms with Gasteiger partial charge in [-0.15, -0.1) is 0 Å². The smallest absolute Gasteiger partial charge is 0.263 e. The predicted octanol–water partition coefficient (Wildman–Crippen LogP) is 4.51. The van der Waals surface area contributed by atoms with E-state index in [-0.39, 0.29) is 10.7 Å². The standard InChI is InChI=1S/C21H26N4O2S/c1-14(2)11-12-22-20-21(24-18-8-6-5-7-17(18)23-20)25-28(26,27)19-10-9-15(3)13-16(19)4/h5-10,13-14H,11-12H2,1-4H3,(H,22,23)(H,24,25). The Balaban J connectivity index is 1.99. The molecule has 0 bridgehead atoms. The van der Waals surface area contributed by atoms with Gasteiger partial charge < -0.3 is 5.32 Å². The van der Waals surface area contributed by atoms with Gasteiger partial charge in [0.25, 0.3) is 10.0 Å². The van der Waals surface area contributed by atoms with E-state index in [1.54, 1.807) is 19.1 Å². The molecule has 0 saturated carbocycles. The molecule has 0 aliphatic rings. The normalized spacial score (nSPS) is 11.8. The molecule has 6 nitrogen and oxygen atoms in total. The summed E-state index contributed by atoms with van der Waals surface area (Å²) in [6.45, 7) is 8.68. The van der Waals surface area contributed by atoms with Crippen LogP contribution in [0.15, 0.2) is 47.4 Å². The molecule has 0 aliphatic carbocycles. The zero-order chi connectivity index (χ0) is 20.3. The highest BCUT2D eigenvalue weighted by molar-refractivity contribution is 7.92. The first-order valence-corrected chi connectivity index (χ1v) is 10.9. The van der Waals surface area contributed by atoms with Crippen molar-refractivity contribution in [3.05, 3.63) is 53.6 Å². The van der Waals surface area contributed by atoms with Crippen molar-refractivity contribution in [1.82, 2.24) is 9.97 Å². The number of anilines is 2. The molecular weight excluding hydrogens is 372 g/mol. The summed E-state index contributed by atoms with van der Waals surface area (Å²) in [5, 5.41) is 3.23. The Hall–Kier alpha value is -2.67. The summed E-state index contributed by atoms with van der Waals surface area (Å²) in [5.74, 6) is 1.17. The van der Waals surface area contributed by atoms with E-state index in [0.29, 0.717) is 34.9 Å². The van der Waals surface area contributed by atoms with E-state index in [2.05, 4.69) is 33.9 Å². The Morgan fingerprint density at radius 2 is 1.61 bits per heavy atom. The molecule has 0 amide bonds. The molecule has 148 valence electrons. The average molecular weight is 399 g/mol. The van der Waals surface area contributed by atoms with E-state index < -0.39 is 10.0 Å². The number of nitrogens with zero attached hydrogens (tertiary/aromatic N) is 2. The van der Waals surface area contributed by atoms with Gasteiger partial charge >= 0.3 is 0 Å². The SMILES string of the molecule is Cc1ccc(S(=O)(=O)Nc2nc3ccccc3nc2NCCC(C)C)c(C)c1. The maximum absolute atomic E-state index is 13.0. The molecule has 1 aromatic heterocycles. The largest absolute Gasteiger partial charge is 0.367 e. The highest BCUT2D eigenvalue weighted by Crippen LogP contribution is 2.26. The minimum Gasteiger partial charge on any atom is -0.367 e. The maximum Gasteiger partial charge on any atom is 0.263 e. The van der Waals surface area contributed by atoms with Crippen LogP contribution < -0.4 is 10.0 Å². The summed E-state index contributed by atoms with van der Waals surface area (Å²) >= 11 is 0. The number of sulfonamides is 1. The molecule has 0 saturated heterocycles. The second-order valence-electron chi connectivity index (χ2n) is 7.39. The van der Waals surface area contributed by atoms with Crippen molar-refractivity contribution < 1.29 is 8.42 Å². The second kappa shape index (κ2) is 8.14. The molecule has 0 fully saturated rings. The molecular formula is C21H26N4O2S. The van der Waals surface area contributed by atoms with Crippen LogP contribution in [0.2, 0.25) is 0 Å². The minimum atomic E-state index is -3.79. The lowest BCUT2D eigenvalue weighted by molar-refractivity contribution is 0.600. The fourth-order valence-electron chi connectivity index (χ4n) is 2.96. The summed E-state index contributed by atoms with van der Waals surface area (Å²) < 4.78 is 28.6. The Morgan fingerprint density at radius 3 is 2.21 bits per heavy atom. The highest BCUT2D eigenvalue weighted by atomic mass is 32.2. The lowest BCUT2D eigenvalue weighted by Gasteiger charge is -2.15. The number of benzene rings is 2. The first-order chi connectivity index (χ1) is 13.3. The van der Waals surface area contributed by atoms with Crippen LogP contribution in [0, 0.1) is 19.8 Å². The number of para-hydroxylation sites is 2. The number of rotatable bonds is 7. The number of aromatic nitrogens is 2. The lowest BCUT2D eigenvalue weighted by atomic mass is 10.1. The summed E-state index contributed by atoms with van der Waals surface area (Å²) in [5.41, 5.74) is 3.05. The number of fused-ring (bicyclic) bond motifs is 1. The molecule has 2 N–H and O–H groups in total. The third kappa shape index (κ3) is 4.59. The van der Waals surface area contributed by atoms with Gasteiger partial charge in [0, 0.05) is 6.54 Å². The summed E-state index contributed by atoms with van der Waals surface area (Å²) in [6, 6.07) is 12.7. The molecule has 3 rings (SSSR count). The van der Waals surface area contributed by atoms with Crippen molar-refractivity contribution in [1.29, 1.82) is 0 Å². The van der Waals surface area contributed by atoms with Crippen LogP contribution in [-0.2, 0) is 10.0 Å². The third-order valence-electron chi connectivity index (χ3n) is 4.44. The number of aryl methyl sites for hydroxylation is 2. The number of hydrogen-bond donors (Lipinski definition) is 2. The van der Waals surface area contributed by atoms with Gasteiger partial charge in [0.15, 0.2) is 11.6 Å². The predicted molar refractivity (Wildman–Crippen MR) is 114 cm³/mol. The first-order valence-electron chi connectivity index (χ1n) is 9.37. The molecule has 0 radical (unpaired) electrons. The molecule has 0 aliphatic heterocycles. The van der Waals surface area contributed by atoms with Gasteiger partial charge in [-0.1, -0.05) is 43.7 Å². The fourth-order valence-corrected chi connectivity index (χ4v) is 4.19. The van der Waals surface area contributed by atoms with Crippen molar-refractivity contribution in [2.45, 2.75) is 39.0 Å². The molecule has 1 heterocycles. The maximum atomic E-state index is 13.0. The Morgan fingerprint density at radius 1 is 0.964 bits per heavy atom. The quantitative estimate of drug-likeness (QED) is 0.612. The van der Waals surface area contributed by atoms with Gasteiger partial charge in [-0.2, -0.15) is 0 Å². The van der Waals surface area contributed by atoms with E-state index in [0.717, 1.165) is 12.0 Å². The van der Waals surface area contributed by atoms with Gasteiger partial charge in [-0.25, -0.2) is 18.4 Å². The Kier molecular flexibility index (Phi) is 5.84. The summed E-state index contributed by atoms with van der Waals surface area (Å²) in [7, 11) is -3.79. The van der Waals surface area contributed by atoms with Crippen molar-refractivity contribution in [3.8, 4) is 0 Å². The first kappa shape index (κ1) is 20.1. The molecule has 3 aromatic rings. The molecule has 0 spiro atoms. The van der Waals surface area contributed by atoms with Crippen molar-refractivity contribution >= 4 is 32.7 Å². The van der Waals surface area contributed by atoms with Gasteiger partial charge in [-0.05, 0) is 49.9 Å². The van der Waals surface area contributed by atoms with Crippen LogP contribution >= 0.6 is 0 Å². The zero-order valence-corrected chi connectivity index (χ0v) is 17.5. The molecule has 0 atom stereocenters. The topological polar surface area (TPSA) is 84.0 Å². The van der Waals surface area contributed by atoms with Gasteiger partial charge in [-0.3, -0.25) is 4.72 Å². The number of hydrogen-bond acceptors (Lipinski definition) is 5. The molecule has 0 unspecified atom stereocenters. The molecule has 7 heteroatoms. The minimum absolute atomic E-state index is 0.211. The lowest BCUT2D eigenvalue weighted by Crippen LogP contribution is -2.18. The van der Waals surface area contributed by atoms with Crippen LogP contribution in [-0.4, -0.2) is 24.9 Å². The van der Waals surface area contributed by atoms with Crippen LogP contribution in [0.1, 0.15) is 31.4 Å². The van der Waals surface area contributed by atoms with E-state index >= 15 is 0 Å². The third-order valence-corrected chi connectivity index (χ3v) is 5.93. The Labute approximate surface area is 166 Å². The summed E-state index contributed by atoms with van der Waals surface area (Å²) in [6.07, 6.45) is 0.942. The number of nitrogens with one attached hydrogen (secondary N) is 2. The van der Waals surface area contributed by atoms with E-state index in [4.69, 9.17) is 0 Å². The fraction of sp³-hybridized carbons (Fsp3) is 0.333. The summed E-state index contributed by atoms with van der Waals surface area (Å²) in [4.78, 5) is 9.34. The molecule has 2 aromatic carbocycles. The average Bonchev–Trinajstić information content (AvgIpc) is 2.61. The van der Waals surface area contributed by atoms with Gasteiger partial charge in [0.05, 0.1) is 15.9 Å². The zero-order valence-electron chi connectivity index (χ0n) is 16.7. The molecule has 28 heavy (non-hydrogen) atoms. The van der Waals surface area contributed by atoms with E-state index in [1.807, 2.05) is 37.3 Å². The van der Waals surface area contributed by atoms with Crippen LogP contribution in [0.25, 0.3) is 11.0 Å². The van der Waals surface area contributed by atoms with E-state index in [9.17, 15) is 8.42 Å². The van der Waals surface area contributed by atoms with Crippen LogP contribution in [0.5, 0.6) is 0 Å². The van der Waals surface area contributed by atoms with Crippen LogP contribution in [0.4, 0.5) is 11.6 Å². The Bertz CT molecular complexity index is 1090. The van der Waals surface area contributed by atoms with Gasteiger partial charge in [0.1, 0.15) is 0 Å². The second-order valence-corrected chi connectivity index (χ2v) is 9.04. The van der Waals surface area contributed by atoms with Gasteiger partial charge in [0.2, 0.25) is 0 Å². The van der Waals surface area contributed by atoms with Crippen molar-refractivity contribution in [3.63, 3.8) is 0 Å².